The van der Waals surface area contributed by atoms with Gasteiger partial charge in [0.15, 0.2) is 0 Å². The van der Waals surface area contributed by atoms with E-state index < -0.39 is 11.9 Å². The topological polar surface area (TPSA) is 79.3 Å². The third kappa shape index (κ3) is 3.81. The summed E-state index contributed by atoms with van der Waals surface area (Å²) in [5, 5.41) is 4.06. The number of nitroso groups, excluding NO2 is 1. The summed E-state index contributed by atoms with van der Waals surface area (Å²) < 4.78 is 5.52. The van der Waals surface area contributed by atoms with Gasteiger partial charge in [0, 0.05) is 0 Å². The molecule has 7 nitrogen and oxygen atoms in total. The molecule has 1 aliphatic rings. The zero-order chi connectivity index (χ0) is 19.4. The maximum atomic E-state index is 12.8. The van der Waals surface area contributed by atoms with Crippen LogP contribution in [0, 0.1) is 11.8 Å². The molecule has 2 aromatic rings. The molecule has 7 heteroatoms. The lowest BCUT2D eigenvalue weighted by Gasteiger charge is -2.21. The van der Waals surface area contributed by atoms with Crippen LogP contribution in [-0.2, 0) is 9.59 Å². The summed E-state index contributed by atoms with van der Waals surface area (Å²) >= 11 is 0. The largest absolute Gasteiger partial charge is 0.494 e. The van der Waals surface area contributed by atoms with E-state index in [0.717, 1.165) is 21.9 Å². The molecule has 0 N–H and O–H groups in total. The van der Waals surface area contributed by atoms with Gasteiger partial charge in [0.05, 0.1) is 29.7 Å². The SMILES string of the molecule is CCCOc1ccc(N2C(=O)CC(N(N=O)c3ccc(C)cc3)C2=O)cc1. The molecule has 1 saturated heterocycles. The van der Waals surface area contributed by atoms with E-state index >= 15 is 0 Å². The summed E-state index contributed by atoms with van der Waals surface area (Å²) in [6, 6.07) is 12.9. The highest BCUT2D eigenvalue weighted by Gasteiger charge is 2.44. The lowest BCUT2D eigenvalue weighted by Crippen LogP contribution is -2.39. The molecular weight excluding hydrogens is 346 g/mol. The molecule has 0 aliphatic carbocycles. The van der Waals surface area contributed by atoms with E-state index in [1.54, 1.807) is 36.4 Å². The minimum atomic E-state index is -0.950. The van der Waals surface area contributed by atoms with Gasteiger partial charge in [-0.25, -0.2) is 9.91 Å². The van der Waals surface area contributed by atoms with Gasteiger partial charge in [-0.2, -0.15) is 0 Å². The molecule has 1 fully saturated rings. The van der Waals surface area contributed by atoms with Crippen LogP contribution < -0.4 is 14.6 Å². The molecule has 0 spiro atoms. The fourth-order valence-corrected chi connectivity index (χ4v) is 2.97. The van der Waals surface area contributed by atoms with Crippen molar-refractivity contribution in [3.63, 3.8) is 0 Å². The van der Waals surface area contributed by atoms with Crippen molar-refractivity contribution in [1.29, 1.82) is 0 Å². The monoisotopic (exact) mass is 367 g/mol. The van der Waals surface area contributed by atoms with Gasteiger partial charge in [0.25, 0.3) is 5.91 Å². The van der Waals surface area contributed by atoms with Crippen LogP contribution in [0.25, 0.3) is 0 Å². The number of rotatable bonds is 7. The molecule has 0 aromatic heterocycles. The minimum Gasteiger partial charge on any atom is -0.494 e. The number of nitrogens with zero attached hydrogens (tertiary/aromatic N) is 3. The smallest absolute Gasteiger partial charge is 0.259 e. The van der Waals surface area contributed by atoms with Crippen LogP contribution in [0.5, 0.6) is 5.75 Å². The van der Waals surface area contributed by atoms with E-state index in [2.05, 4.69) is 5.29 Å². The summed E-state index contributed by atoms with van der Waals surface area (Å²) in [5.74, 6) is -0.164. The fourth-order valence-electron chi connectivity index (χ4n) is 2.97. The molecule has 1 heterocycles. The second-order valence-electron chi connectivity index (χ2n) is 6.39. The standard InChI is InChI=1S/C20H21N3O4/c1-3-12-27-17-10-8-15(9-11-17)22-19(24)13-18(20(22)25)23(21-26)16-6-4-14(2)5-7-16/h4-11,18H,3,12-13H2,1-2H3. The fraction of sp³-hybridized carbons (Fsp3) is 0.300. The Labute approximate surface area is 157 Å². The van der Waals surface area contributed by atoms with Gasteiger partial charge >= 0.3 is 0 Å². The van der Waals surface area contributed by atoms with Crippen LogP contribution in [0.3, 0.4) is 0 Å². The lowest BCUT2D eigenvalue weighted by molar-refractivity contribution is -0.121. The van der Waals surface area contributed by atoms with Crippen LogP contribution >= 0.6 is 0 Å². The third-order valence-corrected chi connectivity index (χ3v) is 4.37. The Hall–Kier alpha value is -3.22. The molecule has 0 saturated carbocycles. The van der Waals surface area contributed by atoms with E-state index in [1.807, 2.05) is 26.0 Å². The number of hydrogen-bond donors (Lipinski definition) is 0. The van der Waals surface area contributed by atoms with Crippen molar-refractivity contribution < 1.29 is 14.3 Å². The Morgan fingerprint density at radius 2 is 1.78 bits per heavy atom. The minimum absolute atomic E-state index is 0.105. The van der Waals surface area contributed by atoms with Gasteiger partial charge < -0.3 is 4.74 Å². The van der Waals surface area contributed by atoms with E-state index in [1.165, 1.54) is 0 Å². The molecule has 1 aliphatic heterocycles. The maximum Gasteiger partial charge on any atom is 0.259 e. The second-order valence-corrected chi connectivity index (χ2v) is 6.39. The number of ether oxygens (including phenoxy) is 1. The van der Waals surface area contributed by atoms with Crippen LogP contribution in [0.15, 0.2) is 53.8 Å². The molecule has 0 bridgehead atoms. The Balaban J connectivity index is 1.81. The Morgan fingerprint density at radius 1 is 1.11 bits per heavy atom. The van der Waals surface area contributed by atoms with Gasteiger partial charge in [-0.3, -0.25) is 9.59 Å². The highest BCUT2D eigenvalue weighted by atomic mass is 16.5. The first-order chi connectivity index (χ1) is 13.0. The number of imide groups is 1. The normalized spacial score (nSPS) is 16.5. The zero-order valence-electron chi connectivity index (χ0n) is 15.3. The average Bonchev–Trinajstić information content (AvgIpc) is 2.97. The lowest BCUT2D eigenvalue weighted by atomic mass is 10.2. The van der Waals surface area contributed by atoms with Crippen molar-refractivity contribution in [2.45, 2.75) is 32.7 Å². The number of carbonyl (C=O) groups excluding carboxylic acids is 2. The summed E-state index contributed by atoms with van der Waals surface area (Å²) in [4.78, 5) is 37.8. The Kier molecular flexibility index (Phi) is 5.49. The first-order valence-corrected chi connectivity index (χ1v) is 8.84. The van der Waals surface area contributed by atoms with Gasteiger partial charge in [-0.05, 0) is 49.7 Å². The van der Waals surface area contributed by atoms with Crippen molar-refractivity contribution in [3.8, 4) is 5.75 Å². The van der Waals surface area contributed by atoms with E-state index in [-0.39, 0.29) is 12.3 Å². The average molecular weight is 367 g/mol. The number of carbonyl (C=O) groups is 2. The number of benzene rings is 2. The molecular formula is C20H21N3O4. The summed E-state index contributed by atoms with van der Waals surface area (Å²) in [6.07, 6.45) is 0.784. The number of anilines is 2. The van der Waals surface area contributed by atoms with Crippen LogP contribution in [0.1, 0.15) is 25.3 Å². The maximum absolute atomic E-state index is 12.8. The number of amides is 2. The second kappa shape index (κ2) is 7.99. The van der Waals surface area contributed by atoms with Gasteiger partial charge in [0.1, 0.15) is 11.8 Å². The summed E-state index contributed by atoms with van der Waals surface area (Å²) in [5.41, 5.74) is 1.95. The summed E-state index contributed by atoms with van der Waals surface area (Å²) in [6.45, 7) is 4.53. The predicted molar refractivity (Wildman–Crippen MR) is 103 cm³/mol. The van der Waals surface area contributed by atoms with Crippen molar-refractivity contribution in [2.75, 3.05) is 16.5 Å². The molecule has 0 radical (unpaired) electrons. The first kappa shape index (κ1) is 18.6. The Bertz CT molecular complexity index is 833. The molecule has 27 heavy (non-hydrogen) atoms. The predicted octanol–water partition coefficient (Wildman–Crippen LogP) is 3.60. The van der Waals surface area contributed by atoms with Crippen molar-refractivity contribution in [1.82, 2.24) is 0 Å². The van der Waals surface area contributed by atoms with Gasteiger partial charge in [0.2, 0.25) is 5.91 Å². The zero-order valence-corrected chi connectivity index (χ0v) is 15.3. The number of aryl methyl sites for hydroxylation is 1. The molecule has 1 atom stereocenters. The third-order valence-electron chi connectivity index (χ3n) is 4.37. The highest BCUT2D eigenvalue weighted by molar-refractivity contribution is 6.23. The first-order valence-electron chi connectivity index (χ1n) is 8.84. The van der Waals surface area contributed by atoms with Gasteiger partial charge in [-0.15, -0.1) is 4.91 Å². The molecule has 2 aromatic carbocycles. The summed E-state index contributed by atoms with van der Waals surface area (Å²) in [7, 11) is 0. The van der Waals surface area contributed by atoms with Crippen molar-refractivity contribution >= 4 is 23.2 Å². The van der Waals surface area contributed by atoms with Crippen LogP contribution in [-0.4, -0.2) is 24.5 Å². The quantitative estimate of drug-likeness (QED) is 0.424. The molecule has 2 amide bonds. The van der Waals surface area contributed by atoms with Crippen molar-refractivity contribution in [2.24, 2.45) is 5.29 Å². The molecule has 3 rings (SSSR count). The van der Waals surface area contributed by atoms with E-state index in [9.17, 15) is 14.5 Å². The number of hydrogen-bond acceptors (Lipinski definition) is 5. The Morgan fingerprint density at radius 3 is 2.37 bits per heavy atom. The highest BCUT2D eigenvalue weighted by Crippen LogP contribution is 2.30. The molecule has 140 valence electrons. The van der Waals surface area contributed by atoms with Gasteiger partial charge in [-0.1, -0.05) is 24.6 Å². The molecule has 1 unspecified atom stereocenters. The van der Waals surface area contributed by atoms with Crippen LogP contribution in [0.2, 0.25) is 0 Å². The van der Waals surface area contributed by atoms with Crippen LogP contribution in [0.4, 0.5) is 11.4 Å². The van der Waals surface area contributed by atoms with E-state index in [4.69, 9.17) is 4.74 Å². The van der Waals surface area contributed by atoms with E-state index in [0.29, 0.717) is 23.7 Å². The van der Waals surface area contributed by atoms with Crippen molar-refractivity contribution in [3.05, 3.63) is 59.0 Å².